The lowest BCUT2D eigenvalue weighted by atomic mass is 9.78. The minimum atomic E-state index is -0.810. The number of halogens is 1. The average Bonchev–Trinajstić information content (AvgIpc) is 2.95. The molecule has 3 aromatic carbocycles. The second kappa shape index (κ2) is 12.2. The van der Waals surface area contributed by atoms with Crippen molar-refractivity contribution in [3.8, 4) is 0 Å². The highest BCUT2D eigenvalue weighted by atomic mass is 19.1. The van der Waals surface area contributed by atoms with Crippen molar-refractivity contribution in [1.82, 2.24) is 4.90 Å². The standard InChI is InChI=1S/C31H34FNO4/c1-23-15-27(18-32)17-28(16-23)24(2)37-22-31(29-11-7-4-8-12-29)14-13-26(20-34)19-33(31)30(35)36-21-25-9-5-3-6-10-25/h3-12,15-17,20,24,26H,13-14,18-19,21-22H2,1-2H3/t24?,26?,31-/m1/s1. The number of carbonyl (C=O) groups excluding carboxylic acids is 2. The maximum atomic E-state index is 13.6. The smallest absolute Gasteiger partial charge is 0.410 e. The Labute approximate surface area is 218 Å². The predicted molar refractivity (Wildman–Crippen MR) is 141 cm³/mol. The lowest BCUT2D eigenvalue weighted by molar-refractivity contribution is -0.116. The van der Waals surface area contributed by atoms with E-state index in [1.54, 1.807) is 4.90 Å². The van der Waals surface area contributed by atoms with Crippen LogP contribution >= 0.6 is 0 Å². The van der Waals surface area contributed by atoms with Gasteiger partial charge in [-0.1, -0.05) is 84.4 Å². The first kappa shape index (κ1) is 26.6. The average molecular weight is 504 g/mol. The van der Waals surface area contributed by atoms with E-state index in [1.807, 2.05) is 92.7 Å². The highest BCUT2D eigenvalue weighted by molar-refractivity contribution is 5.70. The fourth-order valence-electron chi connectivity index (χ4n) is 5.06. The number of benzene rings is 3. The van der Waals surface area contributed by atoms with Gasteiger partial charge in [-0.25, -0.2) is 9.18 Å². The number of piperidine rings is 1. The molecule has 1 amide bonds. The third kappa shape index (κ3) is 6.25. The van der Waals surface area contributed by atoms with Crippen molar-refractivity contribution in [3.05, 3.63) is 107 Å². The Kier molecular flexibility index (Phi) is 8.72. The van der Waals surface area contributed by atoms with Crippen LogP contribution in [0, 0.1) is 12.8 Å². The summed E-state index contributed by atoms with van der Waals surface area (Å²) in [5, 5.41) is 0. The van der Waals surface area contributed by atoms with E-state index in [-0.39, 0.29) is 31.8 Å². The lowest BCUT2D eigenvalue weighted by Crippen LogP contribution is -2.57. The monoisotopic (exact) mass is 503 g/mol. The molecule has 0 N–H and O–H groups in total. The maximum absolute atomic E-state index is 13.6. The summed E-state index contributed by atoms with van der Waals surface area (Å²) in [6.45, 7) is 3.93. The summed E-state index contributed by atoms with van der Waals surface area (Å²) < 4.78 is 25.6. The van der Waals surface area contributed by atoms with E-state index >= 15 is 0 Å². The Balaban J connectivity index is 1.63. The molecule has 37 heavy (non-hydrogen) atoms. The Bertz CT molecular complexity index is 1190. The molecule has 1 saturated heterocycles. The van der Waals surface area contributed by atoms with Crippen molar-refractivity contribution in [2.45, 2.75) is 51.6 Å². The van der Waals surface area contributed by atoms with Gasteiger partial charge in [-0.15, -0.1) is 0 Å². The third-order valence-electron chi connectivity index (χ3n) is 7.15. The molecule has 1 fully saturated rings. The number of hydrogen-bond acceptors (Lipinski definition) is 4. The molecular formula is C31H34FNO4. The molecule has 0 spiro atoms. The predicted octanol–water partition coefficient (Wildman–Crippen LogP) is 6.69. The number of aryl methyl sites for hydroxylation is 1. The van der Waals surface area contributed by atoms with Crippen molar-refractivity contribution in [2.24, 2.45) is 5.92 Å². The quantitative estimate of drug-likeness (QED) is 0.306. The number of ether oxygens (including phenoxy) is 2. The van der Waals surface area contributed by atoms with Crippen LogP contribution < -0.4 is 0 Å². The second-order valence-corrected chi connectivity index (χ2v) is 9.82. The van der Waals surface area contributed by atoms with Crippen LogP contribution in [0.25, 0.3) is 0 Å². The summed E-state index contributed by atoms with van der Waals surface area (Å²) in [5.41, 5.74) is 3.47. The molecule has 1 aliphatic rings. The van der Waals surface area contributed by atoms with Crippen LogP contribution in [0.2, 0.25) is 0 Å². The van der Waals surface area contributed by atoms with Crippen molar-refractivity contribution in [3.63, 3.8) is 0 Å². The van der Waals surface area contributed by atoms with Gasteiger partial charge in [-0.2, -0.15) is 0 Å². The highest BCUT2D eigenvalue weighted by Gasteiger charge is 2.47. The number of alkyl halides is 1. The summed E-state index contributed by atoms with van der Waals surface area (Å²) in [6.07, 6.45) is 1.30. The normalized spacial score (nSPS) is 20.3. The van der Waals surface area contributed by atoms with Crippen molar-refractivity contribution >= 4 is 12.4 Å². The molecular weight excluding hydrogens is 469 g/mol. The van der Waals surface area contributed by atoms with Crippen LogP contribution in [0.15, 0.2) is 78.9 Å². The fourth-order valence-corrected chi connectivity index (χ4v) is 5.06. The first-order valence-corrected chi connectivity index (χ1v) is 12.7. The number of rotatable bonds is 9. The second-order valence-electron chi connectivity index (χ2n) is 9.82. The summed E-state index contributed by atoms with van der Waals surface area (Å²) in [6, 6.07) is 24.9. The molecule has 6 heteroatoms. The van der Waals surface area contributed by atoms with E-state index in [2.05, 4.69) is 0 Å². The molecule has 0 saturated carbocycles. The molecule has 5 nitrogen and oxygen atoms in total. The van der Waals surface area contributed by atoms with Crippen molar-refractivity contribution < 1.29 is 23.5 Å². The van der Waals surface area contributed by atoms with Gasteiger partial charge >= 0.3 is 6.09 Å². The molecule has 0 aromatic heterocycles. The van der Waals surface area contributed by atoms with Crippen LogP contribution in [0.4, 0.5) is 9.18 Å². The summed E-state index contributed by atoms with van der Waals surface area (Å²) in [4.78, 5) is 27.0. The molecule has 194 valence electrons. The molecule has 3 atom stereocenters. The Morgan fingerprint density at radius 3 is 2.46 bits per heavy atom. The largest absolute Gasteiger partial charge is 0.445 e. The van der Waals surface area contributed by atoms with Gasteiger partial charge in [0.05, 0.1) is 18.2 Å². The lowest BCUT2D eigenvalue weighted by Gasteiger charge is -2.48. The first-order chi connectivity index (χ1) is 17.9. The molecule has 2 unspecified atom stereocenters. The summed E-state index contributed by atoms with van der Waals surface area (Å²) in [5.74, 6) is -0.276. The van der Waals surface area contributed by atoms with Gasteiger partial charge in [0.25, 0.3) is 0 Å². The number of aldehydes is 1. The Morgan fingerprint density at radius 2 is 1.78 bits per heavy atom. The topological polar surface area (TPSA) is 55.8 Å². The van der Waals surface area contributed by atoms with E-state index in [1.165, 1.54) is 0 Å². The van der Waals surface area contributed by atoms with Gasteiger partial charge in [-0.05, 0) is 48.9 Å². The van der Waals surface area contributed by atoms with Crippen molar-refractivity contribution in [2.75, 3.05) is 13.2 Å². The van der Waals surface area contributed by atoms with Crippen LogP contribution in [0.3, 0.4) is 0 Å². The highest BCUT2D eigenvalue weighted by Crippen LogP contribution is 2.41. The zero-order chi connectivity index (χ0) is 26.3. The van der Waals surface area contributed by atoms with Gasteiger partial charge in [-0.3, -0.25) is 4.90 Å². The first-order valence-electron chi connectivity index (χ1n) is 12.7. The van der Waals surface area contributed by atoms with E-state index in [4.69, 9.17) is 9.47 Å². The van der Waals surface area contributed by atoms with Gasteiger partial charge < -0.3 is 14.3 Å². The zero-order valence-corrected chi connectivity index (χ0v) is 21.4. The van der Waals surface area contributed by atoms with Crippen LogP contribution in [0.5, 0.6) is 0 Å². The molecule has 3 aromatic rings. The van der Waals surface area contributed by atoms with E-state index in [0.29, 0.717) is 18.4 Å². The van der Waals surface area contributed by atoms with Gasteiger partial charge in [0.1, 0.15) is 19.6 Å². The number of carbonyl (C=O) groups is 2. The maximum Gasteiger partial charge on any atom is 0.410 e. The van der Waals surface area contributed by atoms with Crippen LogP contribution in [-0.2, 0) is 33.1 Å². The molecule has 0 aliphatic carbocycles. The number of nitrogens with zero attached hydrogens (tertiary/aromatic N) is 1. The van der Waals surface area contributed by atoms with E-state index in [0.717, 1.165) is 28.5 Å². The van der Waals surface area contributed by atoms with Crippen LogP contribution in [-0.4, -0.2) is 30.4 Å². The SMILES string of the molecule is Cc1cc(CF)cc(C(C)OC[C@@]2(c3ccccc3)CCC(C=O)CN2C(=O)OCc2ccccc2)c1. The van der Waals surface area contributed by atoms with Gasteiger partial charge in [0, 0.05) is 12.5 Å². The summed E-state index contributed by atoms with van der Waals surface area (Å²) in [7, 11) is 0. The molecule has 4 rings (SSSR count). The fraction of sp³-hybridized carbons (Fsp3) is 0.355. The van der Waals surface area contributed by atoms with E-state index in [9.17, 15) is 14.0 Å². The minimum Gasteiger partial charge on any atom is -0.445 e. The summed E-state index contributed by atoms with van der Waals surface area (Å²) >= 11 is 0. The molecule has 0 bridgehead atoms. The van der Waals surface area contributed by atoms with E-state index < -0.39 is 18.3 Å². The number of hydrogen-bond donors (Lipinski definition) is 0. The zero-order valence-electron chi connectivity index (χ0n) is 21.4. The van der Waals surface area contributed by atoms with Gasteiger partial charge in [0.2, 0.25) is 0 Å². The van der Waals surface area contributed by atoms with Crippen molar-refractivity contribution in [1.29, 1.82) is 0 Å². The van der Waals surface area contributed by atoms with Crippen LogP contribution in [0.1, 0.15) is 53.7 Å². The number of likely N-dealkylation sites (tertiary alicyclic amines) is 1. The Morgan fingerprint density at radius 1 is 1.08 bits per heavy atom. The molecule has 1 aliphatic heterocycles. The minimum absolute atomic E-state index is 0.138. The third-order valence-corrected chi connectivity index (χ3v) is 7.15. The molecule has 1 heterocycles. The number of amides is 1. The van der Waals surface area contributed by atoms with Gasteiger partial charge in [0.15, 0.2) is 0 Å². The Hall–Kier alpha value is -3.51. The molecule has 0 radical (unpaired) electrons.